The van der Waals surface area contributed by atoms with Gasteiger partial charge in [-0.1, -0.05) is 19.8 Å². The van der Waals surface area contributed by atoms with Crippen LogP contribution in [0.25, 0.3) is 0 Å². The van der Waals surface area contributed by atoms with E-state index >= 15 is 0 Å². The minimum atomic E-state index is -0.359. The molecule has 0 heterocycles. The molecule has 1 rings (SSSR count). The molecule has 0 aromatic heterocycles. The SMILES string of the molecule is CNC(C)(C#N)CC(C)SCC1CCCC1. The first-order valence-corrected chi connectivity index (χ1v) is 7.36. The lowest BCUT2D eigenvalue weighted by Crippen LogP contribution is -2.40. The van der Waals surface area contributed by atoms with Crippen LogP contribution in [0.15, 0.2) is 0 Å². The van der Waals surface area contributed by atoms with Gasteiger partial charge in [0.15, 0.2) is 0 Å². The van der Waals surface area contributed by atoms with Crippen LogP contribution in [-0.4, -0.2) is 23.6 Å². The van der Waals surface area contributed by atoms with Gasteiger partial charge < -0.3 is 5.32 Å². The molecule has 2 nitrogen and oxygen atoms in total. The van der Waals surface area contributed by atoms with Gasteiger partial charge in [-0.3, -0.25) is 0 Å². The third-order valence-electron chi connectivity index (χ3n) is 3.59. The van der Waals surface area contributed by atoms with Crippen molar-refractivity contribution < 1.29 is 0 Å². The normalized spacial score (nSPS) is 22.6. The highest BCUT2D eigenvalue weighted by atomic mass is 32.2. The van der Waals surface area contributed by atoms with E-state index in [2.05, 4.69) is 18.3 Å². The predicted molar refractivity (Wildman–Crippen MR) is 71.6 cm³/mol. The number of nitrogens with zero attached hydrogens (tertiary/aromatic N) is 1. The van der Waals surface area contributed by atoms with Crippen molar-refractivity contribution in [1.82, 2.24) is 5.32 Å². The molecule has 1 N–H and O–H groups in total. The molecule has 0 bridgehead atoms. The van der Waals surface area contributed by atoms with Crippen LogP contribution in [0.5, 0.6) is 0 Å². The van der Waals surface area contributed by atoms with E-state index < -0.39 is 0 Å². The largest absolute Gasteiger partial charge is 0.303 e. The number of nitrogens with one attached hydrogen (secondary N) is 1. The fraction of sp³-hybridized carbons (Fsp3) is 0.923. The van der Waals surface area contributed by atoms with Crippen molar-refractivity contribution in [3.05, 3.63) is 0 Å². The Labute approximate surface area is 104 Å². The number of rotatable bonds is 6. The number of hydrogen-bond donors (Lipinski definition) is 1. The summed E-state index contributed by atoms with van der Waals surface area (Å²) in [6.45, 7) is 4.23. The van der Waals surface area contributed by atoms with Crippen molar-refractivity contribution in [1.29, 1.82) is 5.26 Å². The van der Waals surface area contributed by atoms with Gasteiger partial charge in [-0.05, 0) is 44.9 Å². The van der Waals surface area contributed by atoms with Crippen LogP contribution >= 0.6 is 11.8 Å². The van der Waals surface area contributed by atoms with Gasteiger partial charge in [-0.15, -0.1) is 0 Å². The van der Waals surface area contributed by atoms with E-state index in [0.29, 0.717) is 5.25 Å². The Bertz CT molecular complexity index is 243. The molecule has 16 heavy (non-hydrogen) atoms. The molecular weight excluding hydrogens is 216 g/mol. The Balaban J connectivity index is 2.24. The lowest BCUT2D eigenvalue weighted by molar-refractivity contribution is 0.455. The summed E-state index contributed by atoms with van der Waals surface area (Å²) in [4.78, 5) is 0. The van der Waals surface area contributed by atoms with Crippen molar-refractivity contribution in [3.63, 3.8) is 0 Å². The van der Waals surface area contributed by atoms with E-state index in [-0.39, 0.29) is 5.54 Å². The minimum absolute atomic E-state index is 0.359. The maximum absolute atomic E-state index is 9.09. The Morgan fingerprint density at radius 1 is 1.50 bits per heavy atom. The first-order valence-electron chi connectivity index (χ1n) is 6.31. The molecule has 0 aliphatic heterocycles. The molecule has 1 aliphatic rings. The molecule has 1 saturated carbocycles. The molecule has 92 valence electrons. The van der Waals surface area contributed by atoms with Crippen LogP contribution in [0.1, 0.15) is 46.0 Å². The van der Waals surface area contributed by atoms with E-state index in [1.54, 1.807) is 0 Å². The monoisotopic (exact) mass is 240 g/mol. The summed E-state index contributed by atoms with van der Waals surface area (Å²) in [7, 11) is 1.87. The van der Waals surface area contributed by atoms with Crippen molar-refractivity contribution in [2.45, 2.75) is 56.7 Å². The zero-order valence-corrected chi connectivity index (χ0v) is 11.6. The molecule has 0 spiro atoms. The van der Waals surface area contributed by atoms with Gasteiger partial charge in [0.1, 0.15) is 5.54 Å². The molecular formula is C13H24N2S. The van der Waals surface area contributed by atoms with Gasteiger partial charge in [0, 0.05) is 5.25 Å². The van der Waals surface area contributed by atoms with E-state index in [4.69, 9.17) is 5.26 Å². The van der Waals surface area contributed by atoms with Crippen LogP contribution in [0, 0.1) is 17.2 Å². The second-order valence-corrected chi connectivity index (χ2v) is 6.66. The third-order valence-corrected chi connectivity index (χ3v) is 4.98. The summed E-state index contributed by atoms with van der Waals surface area (Å²) >= 11 is 2.04. The average molecular weight is 240 g/mol. The van der Waals surface area contributed by atoms with Crippen LogP contribution in [-0.2, 0) is 0 Å². The molecule has 2 unspecified atom stereocenters. The van der Waals surface area contributed by atoms with Crippen molar-refractivity contribution in [2.75, 3.05) is 12.8 Å². The highest BCUT2D eigenvalue weighted by Gasteiger charge is 2.25. The number of nitriles is 1. The van der Waals surface area contributed by atoms with Crippen LogP contribution < -0.4 is 5.32 Å². The molecule has 1 aliphatic carbocycles. The van der Waals surface area contributed by atoms with Gasteiger partial charge in [-0.2, -0.15) is 17.0 Å². The lowest BCUT2D eigenvalue weighted by atomic mass is 9.98. The Morgan fingerprint density at radius 3 is 2.62 bits per heavy atom. The van der Waals surface area contributed by atoms with Gasteiger partial charge in [-0.25, -0.2) is 0 Å². The van der Waals surface area contributed by atoms with Crippen LogP contribution in [0.4, 0.5) is 0 Å². The summed E-state index contributed by atoms with van der Waals surface area (Å²) in [5.74, 6) is 2.22. The summed E-state index contributed by atoms with van der Waals surface area (Å²) in [5.41, 5.74) is -0.359. The fourth-order valence-electron chi connectivity index (χ4n) is 2.31. The van der Waals surface area contributed by atoms with E-state index in [9.17, 15) is 0 Å². The fourth-order valence-corrected chi connectivity index (χ4v) is 3.70. The van der Waals surface area contributed by atoms with Gasteiger partial charge in [0.25, 0.3) is 0 Å². The van der Waals surface area contributed by atoms with Crippen LogP contribution in [0.3, 0.4) is 0 Å². The summed E-state index contributed by atoms with van der Waals surface area (Å²) < 4.78 is 0. The first kappa shape index (κ1) is 13.9. The van der Waals surface area contributed by atoms with Crippen molar-refractivity contribution >= 4 is 11.8 Å². The van der Waals surface area contributed by atoms with Gasteiger partial charge >= 0.3 is 0 Å². The molecule has 0 aromatic carbocycles. The molecule has 3 heteroatoms. The Kier molecular flexibility index (Phi) is 5.64. The van der Waals surface area contributed by atoms with Gasteiger partial charge in [0.05, 0.1) is 6.07 Å². The Hall–Kier alpha value is -0.200. The second-order valence-electron chi connectivity index (χ2n) is 5.19. The molecule has 0 amide bonds. The molecule has 0 saturated heterocycles. The number of thioether (sulfide) groups is 1. The summed E-state index contributed by atoms with van der Waals surface area (Å²) in [6, 6.07) is 2.36. The Morgan fingerprint density at radius 2 is 2.12 bits per heavy atom. The standard InChI is InChI=1S/C13H24N2S/c1-11(8-13(2,10-14)15-3)16-9-12-6-4-5-7-12/h11-12,15H,4-9H2,1-3H3. The van der Waals surface area contributed by atoms with Crippen LogP contribution in [0.2, 0.25) is 0 Å². The zero-order chi connectivity index (χ0) is 12.0. The van der Waals surface area contributed by atoms with Crippen molar-refractivity contribution in [2.24, 2.45) is 5.92 Å². The summed E-state index contributed by atoms with van der Waals surface area (Å²) in [6.07, 6.45) is 6.61. The lowest BCUT2D eigenvalue weighted by Gasteiger charge is -2.25. The summed E-state index contributed by atoms with van der Waals surface area (Å²) in [5, 5.41) is 12.8. The molecule has 0 radical (unpaired) electrons. The average Bonchev–Trinajstić information content (AvgIpc) is 2.79. The van der Waals surface area contributed by atoms with E-state index in [1.807, 2.05) is 25.7 Å². The third kappa shape index (κ3) is 4.35. The highest BCUT2D eigenvalue weighted by Crippen LogP contribution is 2.31. The van der Waals surface area contributed by atoms with Gasteiger partial charge in [0.2, 0.25) is 0 Å². The van der Waals surface area contributed by atoms with E-state index in [1.165, 1.54) is 31.4 Å². The topological polar surface area (TPSA) is 35.8 Å². The molecule has 0 aromatic rings. The van der Waals surface area contributed by atoms with E-state index in [0.717, 1.165) is 12.3 Å². The smallest absolute Gasteiger partial charge is 0.104 e. The highest BCUT2D eigenvalue weighted by molar-refractivity contribution is 7.99. The maximum atomic E-state index is 9.09. The second kappa shape index (κ2) is 6.51. The van der Waals surface area contributed by atoms with Crippen molar-refractivity contribution in [3.8, 4) is 6.07 Å². The predicted octanol–water partition coefficient (Wildman–Crippen LogP) is 3.19. The minimum Gasteiger partial charge on any atom is -0.303 e. The zero-order valence-electron chi connectivity index (χ0n) is 10.8. The molecule has 2 atom stereocenters. The number of hydrogen-bond acceptors (Lipinski definition) is 3. The quantitative estimate of drug-likeness (QED) is 0.774. The first-order chi connectivity index (χ1) is 7.59. The molecule has 1 fully saturated rings. The maximum Gasteiger partial charge on any atom is 0.104 e.